The van der Waals surface area contributed by atoms with Gasteiger partial charge in [0.2, 0.25) is 10.6 Å². The van der Waals surface area contributed by atoms with Crippen LogP contribution in [0.1, 0.15) is 17.0 Å². The topological polar surface area (TPSA) is 76.1 Å². The second-order valence-corrected chi connectivity index (χ2v) is 7.11. The molecule has 0 fully saturated rings. The Hall–Kier alpha value is -2.88. The van der Waals surface area contributed by atoms with Gasteiger partial charge in [0.15, 0.2) is 0 Å². The van der Waals surface area contributed by atoms with E-state index in [1.165, 1.54) is 18.2 Å². The van der Waals surface area contributed by atoms with Crippen molar-refractivity contribution >= 4 is 33.0 Å². The standard InChI is InChI=1S/C19H10ClFN2O2S/c20-11-5-3-6-12(21)15(11)14-10(8-22)18(23)25-17-9-4-1-2-7-13(9)26-19(24)16(14)17/h1-7,14H,23H2/t14-/m1/s1. The Morgan fingerprint density at radius 1 is 1.19 bits per heavy atom. The van der Waals surface area contributed by atoms with E-state index in [2.05, 4.69) is 0 Å². The maximum absolute atomic E-state index is 14.6. The lowest BCUT2D eigenvalue weighted by Gasteiger charge is -2.27. The molecule has 1 aromatic heterocycles. The first kappa shape index (κ1) is 16.6. The van der Waals surface area contributed by atoms with E-state index >= 15 is 0 Å². The number of nitrogens with two attached hydrogens (primary N) is 1. The molecule has 26 heavy (non-hydrogen) atoms. The first-order chi connectivity index (χ1) is 12.5. The van der Waals surface area contributed by atoms with E-state index in [1.807, 2.05) is 6.07 Å². The van der Waals surface area contributed by atoms with E-state index in [0.29, 0.717) is 10.1 Å². The van der Waals surface area contributed by atoms with Gasteiger partial charge in [-0.3, -0.25) is 4.79 Å². The van der Waals surface area contributed by atoms with Gasteiger partial charge >= 0.3 is 0 Å². The highest BCUT2D eigenvalue weighted by molar-refractivity contribution is 7.16. The third-order valence-corrected chi connectivity index (χ3v) is 5.57. The number of hydrogen-bond acceptors (Lipinski definition) is 5. The zero-order valence-corrected chi connectivity index (χ0v) is 14.7. The second-order valence-electron chi connectivity index (χ2n) is 5.69. The van der Waals surface area contributed by atoms with Crippen LogP contribution in [0.15, 0.2) is 58.7 Å². The first-order valence-electron chi connectivity index (χ1n) is 7.60. The quantitative estimate of drug-likeness (QED) is 0.679. The van der Waals surface area contributed by atoms with Crippen LogP contribution in [0.2, 0.25) is 5.02 Å². The number of halogens is 2. The van der Waals surface area contributed by atoms with Crippen LogP contribution in [0.4, 0.5) is 4.39 Å². The summed E-state index contributed by atoms with van der Waals surface area (Å²) in [6.07, 6.45) is 0. The van der Waals surface area contributed by atoms with Gasteiger partial charge in [-0.25, -0.2) is 4.39 Å². The predicted octanol–water partition coefficient (Wildman–Crippen LogP) is 4.27. The number of benzene rings is 2. The average Bonchev–Trinajstić information content (AvgIpc) is 2.61. The van der Waals surface area contributed by atoms with Gasteiger partial charge in [0, 0.05) is 20.7 Å². The molecule has 2 N–H and O–H groups in total. The van der Waals surface area contributed by atoms with Crippen molar-refractivity contribution in [1.29, 1.82) is 5.26 Å². The van der Waals surface area contributed by atoms with Gasteiger partial charge in [0.25, 0.3) is 0 Å². The van der Waals surface area contributed by atoms with E-state index in [-0.39, 0.29) is 38.1 Å². The van der Waals surface area contributed by atoms with Crippen LogP contribution < -0.4 is 15.2 Å². The summed E-state index contributed by atoms with van der Waals surface area (Å²) in [5.41, 5.74) is 6.12. The minimum atomic E-state index is -1.02. The largest absolute Gasteiger partial charge is 0.439 e. The SMILES string of the molecule is N#CC1=C(N)Oc2c(c(=O)sc3ccccc23)[C@H]1c1c(F)cccc1Cl. The highest BCUT2D eigenvalue weighted by Crippen LogP contribution is 2.46. The third-order valence-electron chi connectivity index (χ3n) is 4.26. The van der Waals surface area contributed by atoms with Crippen LogP contribution in [-0.4, -0.2) is 0 Å². The molecule has 0 unspecified atom stereocenters. The van der Waals surface area contributed by atoms with Crippen LogP contribution in [0.5, 0.6) is 5.75 Å². The molecule has 0 bridgehead atoms. The maximum atomic E-state index is 14.6. The molecule has 1 atom stereocenters. The predicted molar refractivity (Wildman–Crippen MR) is 98.8 cm³/mol. The summed E-state index contributed by atoms with van der Waals surface area (Å²) in [4.78, 5) is 12.9. The van der Waals surface area contributed by atoms with Crippen LogP contribution in [0, 0.1) is 17.1 Å². The van der Waals surface area contributed by atoms with Gasteiger partial charge in [-0.05, 0) is 24.3 Å². The van der Waals surface area contributed by atoms with E-state index in [4.69, 9.17) is 22.1 Å². The van der Waals surface area contributed by atoms with Gasteiger partial charge in [0.1, 0.15) is 23.2 Å². The Kier molecular flexibility index (Phi) is 3.91. The molecule has 0 radical (unpaired) electrons. The first-order valence-corrected chi connectivity index (χ1v) is 8.79. The Labute approximate surface area is 156 Å². The number of hydrogen-bond donors (Lipinski definition) is 1. The van der Waals surface area contributed by atoms with E-state index in [0.717, 1.165) is 11.3 Å². The summed E-state index contributed by atoms with van der Waals surface area (Å²) in [5.74, 6) is -1.56. The number of nitriles is 1. The van der Waals surface area contributed by atoms with Crippen LogP contribution >= 0.6 is 22.9 Å². The van der Waals surface area contributed by atoms with Crippen molar-refractivity contribution in [2.45, 2.75) is 5.92 Å². The fraction of sp³-hybridized carbons (Fsp3) is 0.0526. The van der Waals surface area contributed by atoms with Gasteiger partial charge in [-0.15, -0.1) is 0 Å². The summed E-state index contributed by atoms with van der Waals surface area (Å²) in [6, 6.07) is 13.3. The molecule has 1 aliphatic rings. The molecule has 0 spiro atoms. The Balaban J connectivity index is 2.15. The van der Waals surface area contributed by atoms with Crippen molar-refractivity contribution in [2.75, 3.05) is 0 Å². The van der Waals surface area contributed by atoms with Gasteiger partial charge in [-0.2, -0.15) is 5.26 Å². The van der Waals surface area contributed by atoms with E-state index in [9.17, 15) is 14.4 Å². The molecule has 4 rings (SSSR count). The Morgan fingerprint density at radius 3 is 2.69 bits per heavy atom. The van der Waals surface area contributed by atoms with Crippen molar-refractivity contribution < 1.29 is 9.13 Å². The fourth-order valence-corrected chi connectivity index (χ4v) is 4.35. The van der Waals surface area contributed by atoms with Crippen molar-refractivity contribution in [1.82, 2.24) is 0 Å². The normalized spacial score (nSPS) is 16.1. The molecule has 3 aromatic rings. The fourth-order valence-electron chi connectivity index (χ4n) is 3.14. The summed E-state index contributed by atoms with van der Waals surface area (Å²) in [6.45, 7) is 0. The molecule has 0 saturated carbocycles. The van der Waals surface area contributed by atoms with Crippen LogP contribution in [-0.2, 0) is 0 Å². The smallest absolute Gasteiger partial charge is 0.240 e. The van der Waals surface area contributed by atoms with E-state index in [1.54, 1.807) is 24.3 Å². The monoisotopic (exact) mass is 384 g/mol. The number of nitrogens with zero attached hydrogens (tertiary/aromatic N) is 1. The molecular weight excluding hydrogens is 375 g/mol. The molecule has 7 heteroatoms. The van der Waals surface area contributed by atoms with Crippen molar-refractivity contribution in [3.8, 4) is 11.8 Å². The summed E-state index contributed by atoms with van der Waals surface area (Å²) < 4.78 is 20.6. The second kappa shape index (κ2) is 6.13. The molecule has 2 heterocycles. The molecule has 0 aliphatic carbocycles. The minimum absolute atomic E-state index is 0.0379. The molecule has 0 amide bonds. The Bertz CT molecular complexity index is 1180. The molecule has 4 nitrogen and oxygen atoms in total. The van der Waals surface area contributed by atoms with Crippen molar-refractivity contribution in [2.24, 2.45) is 5.73 Å². The average molecular weight is 385 g/mol. The summed E-state index contributed by atoms with van der Waals surface area (Å²) >= 11 is 7.22. The zero-order chi connectivity index (χ0) is 18.4. The number of rotatable bonds is 1. The van der Waals surface area contributed by atoms with Crippen molar-refractivity contribution in [3.05, 3.63) is 85.4 Å². The van der Waals surface area contributed by atoms with Gasteiger partial charge in [-0.1, -0.05) is 41.1 Å². The molecule has 1 aliphatic heterocycles. The summed E-state index contributed by atoms with van der Waals surface area (Å²) in [7, 11) is 0. The van der Waals surface area contributed by atoms with Gasteiger partial charge < -0.3 is 10.5 Å². The maximum Gasteiger partial charge on any atom is 0.240 e. The minimum Gasteiger partial charge on any atom is -0.439 e. The zero-order valence-electron chi connectivity index (χ0n) is 13.1. The lowest BCUT2D eigenvalue weighted by molar-refractivity contribution is 0.397. The molecule has 0 saturated heterocycles. The lowest BCUT2D eigenvalue weighted by atomic mass is 9.84. The molecule has 128 valence electrons. The summed E-state index contributed by atoms with van der Waals surface area (Å²) in [5, 5.41) is 10.4. The number of ether oxygens (including phenoxy) is 1. The molecule has 2 aromatic carbocycles. The number of fused-ring (bicyclic) bond motifs is 3. The van der Waals surface area contributed by atoms with Gasteiger partial charge in [0.05, 0.1) is 11.5 Å². The highest BCUT2D eigenvalue weighted by Gasteiger charge is 2.37. The van der Waals surface area contributed by atoms with Crippen LogP contribution in [0.25, 0.3) is 10.1 Å². The third kappa shape index (κ3) is 2.37. The highest BCUT2D eigenvalue weighted by atomic mass is 35.5. The Morgan fingerprint density at radius 2 is 1.96 bits per heavy atom. The number of allylic oxidation sites excluding steroid dienone is 1. The van der Waals surface area contributed by atoms with E-state index < -0.39 is 11.7 Å². The molecular formula is C19H10ClFN2O2S. The van der Waals surface area contributed by atoms with Crippen molar-refractivity contribution in [3.63, 3.8) is 0 Å². The van der Waals surface area contributed by atoms with Crippen LogP contribution in [0.3, 0.4) is 0 Å². The lowest BCUT2D eigenvalue weighted by Crippen LogP contribution is -2.26.